The summed E-state index contributed by atoms with van der Waals surface area (Å²) >= 11 is 0. The van der Waals surface area contributed by atoms with E-state index in [4.69, 9.17) is 29.4 Å². The fourth-order valence-corrected chi connectivity index (χ4v) is 9.43. The van der Waals surface area contributed by atoms with Gasteiger partial charge in [-0.1, -0.05) is 91.0 Å². The number of nitrogens with one attached hydrogen (secondary N) is 3. The smallest absolute Gasteiger partial charge is 0.407 e. The number of anilines is 2. The first-order valence-electron chi connectivity index (χ1n) is 25.2. The Morgan fingerprint density at radius 2 is 1.30 bits per heavy atom. The van der Waals surface area contributed by atoms with Crippen LogP contribution in [0.5, 0.6) is 23.0 Å². The zero-order valence-corrected chi connectivity index (χ0v) is 43.0. The highest BCUT2D eigenvalue weighted by Gasteiger charge is 2.35. The number of ketones is 1. The molecular weight excluding hydrogens is 1020 g/mol. The number of aryl methyl sites for hydroxylation is 1. The van der Waals surface area contributed by atoms with Crippen molar-refractivity contribution in [3.63, 3.8) is 0 Å². The van der Waals surface area contributed by atoms with Gasteiger partial charge in [-0.2, -0.15) is 0 Å². The first kappa shape index (κ1) is 55.5. The Morgan fingerprint density at radius 1 is 0.696 bits per heavy atom. The highest BCUT2D eigenvalue weighted by Crippen LogP contribution is 2.44. The molecular formula is C59H55N5O15. The van der Waals surface area contributed by atoms with Crippen LogP contribution in [0.4, 0.5) is 16.2 Å². The van der Waals surface area contributed by atoms with Gasteiger partial charge in [0.25, 0.3) is 5.91 Å². The van der Waals surface area contributed by atoms with E-state index in [1.54, 1.807) is 35.2 Å². The van der Waals surface area contributed by atoms with Crippen molar-refractivity contribution in [2.45, 2.75) is 63.5 Å². The normalized spacial score (nSPS) is 13.6. The molecule has 6 aromatic rings. The van der Waals surface area contributed by atoms with Crippen molar-refractivity contribution >= 4 is 64.9 Å². The van der Waals surface area contributed by atoms with E-state index in [9.17, 15) is 48.3 Å². The van der Waals surface area contributed by atoms with Gasteiger partial charge in [0.1, 0.15) is 41.5 Å². The molecule has 79 heavy (non-hydrogen) atoms. The number of primary amides is 1. The van der Waals surface area contributed by atoms with E-state index in [2.05, 4.69) is 16.0 Å². The minimum Gasteiger partial charge on any atom is -0.494 e. The molecule has 0 saturated carbocycles. The van der Waals surface area contributed by atoms with Gasteiger partial charge in [-0.25, -0.2) is 24.0 Å². The molecule has 2 atom stereocenters. The lowest BCUT2D eigenvalue weighted by atomic mass is 9.98. The Hall–Kier alpha value is -9.69. The number of esters is 3. The number of piperidine rings is 1. The maximum atomic E-state index is 14.5. The molecule has 406 valence electrons. The highest BCUT2D eigenvalue weighted by molar-refractivity contribution is 6.11. The average Bonchev–Trinajstić information content (AvgIpc) is 3.99. The van der Waals surface area contributed by atoms with Gasteiger partial charge in [-0.3, -0.25) is 24.1 Å². The molecule has 1 fully saturated rings. The fourth-order valence-electron chi connectivity index (χ4n) is 9.43. The number of rotatable bonds is 21. The van der Waals surface area contributed by atoms with Gasteiger partial charge in [0.2, 0.25) is 11.8 Å². The number of aromatic carboxylic acids is 1. The number of Topliss-reactive ketones (excluding diaryl/α,β-unsaturated/α-hetero) is 1. The topological polar surface area (TPSA) is 285 Å². The number of carbonyl (C=O) groups excluding carboxylic acids is 8. The maximum Gasteiger partial charge on any atom is 0.407 e. The van der Waals surface area contributed by atoms with E-state index in [1.807, 2.05) is 48.5 Å². The van der Waals surface area contributed by atoms with Gasteiger partial charge < -0.3 is 50.5 Å². The summed E-state index contributed by atoms with van der Waals surface area (Å²) in [5.74, 6) is -9.34. The molecule has 6 N–H and O–H groups in total. The number of hydrogen-bond donors (Lipinski definition) is 5. The van der Waals surface area contributed by atoms with Crippen molar-refractivity contribution in [1.29, 1.82) is 0 Å². The molecule has 6 aromatic carbocycles. The molecule has 20 nitrogen and oxygen atoms in total. The number of nitrogens with zero attached hydrogens (tertiary/aromatic N) is 1. The Balaban J connectivity index is 1.11. The molecule has 4 amide bonds. The number of ether oxygens (including phenoxy) is 5. The summed E-state index contributed by atoms with van der Waals surface area (Å²) in [5, 5.41) is 18.7. The van der Waals surface area contributed by atoms with E-state index in [0.29, 0.717) is 5.69 Å². The summed E-state index contributed by atoms with van der Waals surface area (Å²) in [6.45, 7) is 1.42. The van der Waals surface area contributed by atoms with Crippen molar-refractivity contribution in [3.05, 3.63) is 167 Å². The van der Waals surface area contributed by atoms with Crippen LogP contribution in [0, 0.1) is 0 Å². The molecule has 20 heteroatoms. The largest absolute Gasteiger partial charge is 0.494 e. The number of hydrogen-bond acceptors (Lipinski definition) is 15. The second kappa shape index (κ2) is 25.4. The molecule has 0 spiro atoms. The van der Waals surface area contributed by atoms with Crippen LogP contribution in [-0.2, 0) is 35.1 Å². The Kier molecular flexibility index (Phi) is 17.9. The van der Waals surface area contributed by atoms with E-state index >= 15 is 0 Å². The predicted octanol–water partition coefficient (Wildman–Crippen LogP) is 7.47. The standard InChI is InChI=1S/C59H55N5O15/c1-34(65)61-46-23-21-36(30-49(46)75-2)62-54(68)43-18-10-11-19-44(43)56(71)77-38-31-50(53(55(69)70)51(32-38)79-58(73)48(24-25-52(60)67)64-28-26-37(66)27-29-64)78-57(72)47(22-20-35-12-4-3-5-13-35)63-59(74)76-33-45-41-16-8-6-14-39(41)40-15-7-9-17-42(40)45/h3-19,21,23,30-32,45,47-48H,20,22,24-29,33H2,1-2H3,(H2,60,67)(H,61,65)(H,62,68)(H,63,74)(H,69,70)/t47-,48?/m0/s1. The van der Waals surface area contributed by atoms with Crippen LogP contribution in [0.3, 0.4) is 0 Å². The van der Waals surface area contributed by atoms with Crippen LogP contribution in [0.1, 0.15) is 92.7 Å². The third kappa shape index (κ3) is 13.8. The molecule has 1 heterocycles. The van der Waals surface area contributed by atoms with Crippen LogP contribution >= 0.6 is 0 Å². The lowest BCUT2D eigenvalue weighted by Gasteiger charge is -2.32. The lowest BCUT2D eigenvalue weighted by Crippen LogP contribution is -2.47. The first-order chi connectivity index (χ1) is 38.1. The zero-order valence-electron chi connectivity index (χ0n) is 43.0. The lowest BCUT2D eigenvalue weighted by molar-refractivity contribution is -0.142. The Bertz CT molecular complexity index is 3290. The molecule has 0 bridgehead atoms. The monoisotopic (exact) mass is 1070 g/mol. The summed E-state index contributed by atoms with van der Waals surface area (Å²) < 4.78 is 28.6. The molecule has 1 saturated heterocycles. The predicted molar refractivity (Wildman–Crippen MR) is 286 cm³/mol. The van der Waals surface area contributed by atoms with E-state index in [1.165, 1.54) is 56.5 Å². The second-order valence-electron chi connectivity index (χ2n) is 18.6. The quantitative estimate of drug-likeness (QED) is 0.0345. The number of amides is 4. The van der Waals surface area contributed by atoms with Crippen LogP contribution in [0.15, 0.2) is 133 Å². The van der Waals surface area contributed by atoms with Crippen molar-refractivity contribution in [2.75, 3.05) is 37.4 Å². The van der Waals surface area contributed by atoms with Gasteiger partial charge in [-0.05, 0) is 71.3 Å². The number of fused-ring (bicyclic) bond motifs is 3. The number of carboxylic acids is 1. The van der Waals surface area contributed by atoms with Crippen molar-refractivity contribution in [3.8, 4) is 34.1 Å². The number of benzene rings is 6. The number of carboxylic acid groups (broad SMARTS) is 1. The molecule has 0 radical (unpaired) electrons. The summed E-state index contributed by atoms with van der Waals surface area (Å²) in [7, 11) is 1.37. The van der Waals surface area contributed by atoms with Crippen molar-refractivity contribution in [1.82, 2.24) is 10.2 Å². The second-order valence-corrected chi connectivity index (χ2v) is 18.6. The van der Waals surface area contributed by atoms with Crippen LogP contribution in [0.25, 0.3) is 11.1 Å². The highest BCUT2D eigenvalue weighted by atomic mass is 16.6. The number of likely N-dealkylation sites (tertiary alicyclic amines) is 1. The molecule has 1 unspecified atom stereocenters. The average molecular weight is 1070 g/mol. The number of alkyl carbamates (subject to hydrolysis) is 1. The third-order valence-corrected chi connectivity index (χ3v) is 13.3. The molecule has 8 rings (SSSR count). The van der Waals surface area contributed by atoms with E-state index < -0.39 is 76.7 Å². The third-order valence-electron chi connectivity index (χ3n) is 13.3. The SMILES string of the molecule is COc1cc(NC(=O)c2ccccc2C(=O)Oc2cc(OC(=O)C(CCC(N)=O)N3CCC(=O)CC3)c(C(=O)O)c(OC(=O)[C@H](CCc3ccccc3)NC(=O)OCC3c4ccccc4-c4ccccc43)c2)ccc1NC(C)=O. The molecule has 2 aliphatic rings. The molecule has 1 aliphatic carbocycles. The zero-order chi connectivity index (χ0) is 56.2. The van der Waals surface area contributed by atoms with Gasteiger partial charge in [0.15, 0.2) is 11.5 Å². The van der Waals surface area contributed by atoms with Gasteiger partial charge in [-0.15, -0.1) is 0 Å². The van der Waals surface area contributed by atoms with E-state index in [-0.39, 0.29) is 98.4 Å². The summed E-state index contributed by atoms with van der Waals surface area (Å²) in [4.78, 5) is 121. The fraction of sp³-hybridized carbons (Fsp3) is 0.237. The van der Waals surface area contributed by atoms with Crippen molar-refractivity contribution in [2.24, 2.45) is 5.73 Å². The van der Waals surface area contributed by atoms with Gasteiger partial charge >= 0.3 is 30.0 Å². The maximum absolute atomic E-state index is 14.5. The van der Waals surface area contributed by atoms with Gasteiger partial charge in [0.05, 0.1) is 23.9 Å². The number of methoxy groups -OCH3 is 1. The number of carbonyl (C=O) groups is 9. The minimum absolute atomic E-state index is 0.0563. The Labute approximate surface area is 453 Å². The van der Waals surface area contributed by atoms with E-state index in [0.717, 1.165) is 39.9 Å². The minimum atomic E-state index is -1.77. The summed E-state index contributed by atoms with van der Waals surface area (Å²) in [5.41, 5.74) is 9.31. The first-order valence-corrected chi connectivity index (χ1v) is 25.2. The number of nitrogens with two attached hydrogens (primary N) is 1. The molecule has 0 aromatic heterocycles. The Morgan fingerprint density at radius 3 is 1.92 bits per heavy atom. The van der Waals surface area contributed by atoms with Crippen molar-refractivity contribution < 1.29 is 71.9 Å². The van der Waals surface area contributed by atoms with Gasteiger partial charge in [0, 0.05) is 69.1 Å². The van der Waals surface area contributed by atoms with Crippen LogP contribution < -0.4 is 40.6 Å². The summed E-state index contributed by atoms with van der Waals surface area (Å²) in [6, 6.07) is 33.5. The van der Waals surface area contributed by atoms with Crippen LogP contribution in [-0.4, -0.2) is 102 Å². The summed E-state index contributed by atoms with van der Waals surface area (Å²) in [6.07, 6.45) is -1.17. The molecule has 1 aliphatic heterocycles. The van der Waals surface area contributed by atoms with Crippen LogP contribution in [0.2, 0.25) is 0 Å².